The molecule has 5 nitrogen and oxygen atoms in total. The zero-order chi connectivity index (χ0) is 22.3. The summed E-state index contributed by atoms with van der Waals surface area (Å²) in [7, 11) is 0. The first-order valence-electron chi connectivity index (χ1n) is 9.83. The van der Waals surface area contributed by atoms with Crippen LogP contribution < -0.4 is 0 Å². The van der Waals surface area contributed by atoms with Crippen molar-refractivity contribution in [3.63, 3.8) is 0 Å². The van der Waals surface area contributed by atoms with Crippen molar-refractivity contribution in [3.05, 3.63) is 80.8 Å². The summed E-state index contributed by atoms with van der Waals surface area (Å²) in [4.78, 5) is 40.0. The van der Waals surface area contributed by atoms with Crippen molar-refractivity contribution in [1.82, 2.24) is 10.0 Å². The summed E-state index contributed by atoms with van der Waals surface area (Å²) in [6, 6.07) is 11.2. The fourth-order valence-corrected chi connectivity index (χ4v) is 4.75. The van der Waals surface area contributed by atoms with E-state index in [2.05, 4.69) is 0 Å². The smallest absolute Gasteiger partial charge is 0.272 e. The second-order valence-electron chi connectivity index (χ2n) is 7.75. The predicted molar refractivity (Wildman–Crippen MR) is 120 cm³/mol. The molecule has 1 heterocycles. The molecule has 2 aromatic carbocycles. The molecule has 31 heavy (non-hydrogen) atoms. The van der Waals surface area contributed by atoms with Crippen LogP contribution in [0, 0.1) is 17.8 Å². The van der Waals surface area contributed by atoms with Gasteiger partial charge in [-0.15, -0.1) is 0 Å². The average molecular weight is 478 g/mol. The lowest BCUT2D eigenvalue weighted by atomic mass is 9.78. The number of carbonyl (C=O) groups is 3. The Morgan fingerprint density at radius 2 is 1.71 bits per heavy atom. The van der Waals surface area contributed by atoms with Gasteiger partial charge in [-0.3, -0.25) is 14.4 Å². The maximum absolute atomic E-state index is 13.5. The molecular weight excluding hydrogens is 459 g/mol. The van der Waals surface area contributed by atoms with E-state index in [9.17, 15) is 14.4 Å². The van der Waals surface area contributed by atoms with Crippen molar-refractivity contribution in [2.45, 2.75) is 19.9 Å². The maximum Gasteiger partial charge on any atom is 0.273 e. The third-order valence-electron chi connectivity index (χ3n) is 5.75. The minimum Gasteiger partial charge on any atom is -0.272 e. The summed E-state index contributed by atoms with van der Waals surface area (Å²) in [5, 5.41) is 3.44. The summed E-state index contributed by atoms with van der Waals surface area (Å²) in [6.07, 6.45) is 4.33. The SMILES string of the molecule is C[C@@H]1C=CC[C@@H]2C(=O)N(N(Cc3ccc(Cl)cc3Cl)C(=O)c3ccc(Cl)cc3)C(=O)[C@@H]12. The van der Waals surface area contributed by atoms with Crippen LogP contribution in [0.2, 0.25) is 15.1 Å². The van der Waals surface area contributed by atoms with Gasteiger partial charge in [0, 0.05) is 20.6 Å². The summed E-state index contributed by atoms with van der Waals surface area (Å²) in [5.74, 6) is -2.30. The number of hydrazine groups is 1. The molecule has 0 spiro atoms. The number of nitrogens with zero attached hydrogens (tertiary/aromatic N) is 2. The summed E-state index contributed by atoms with van der Waals surface area (Å²) >= 11 is 18.3. The van der Waals surface area contributed by atoms with E-state index >= 15 is 0 Å². The van der Waals surface area contributed by atoms with Crippen molar-refractivity contribution in [3.8, 4) is 0 Å². The van der Waals surface area contributed by atoms with Crippen molar-refractivity contribution in [2.75, 3.05) is 0 Å². The fourth-order valence-electron chi connectivity index (χ4n) is 4.15. The first-order valence-corrected chi connectivity index (χ1v) is 11.0. The lowest BCUT2D eigenvalue weighted by Crippen LogP contribution is -2.50. The molecule has 2 aliphatic rings. The van der Waals surface area contributed by atoms with Crippen molar-refractivity contribution in [1.29, 1.82) is 0 Å². The van der Waals surface area contributed by atoms with Gasteiger partial charge in [0.05, 0.1) is 18.4 Å². The number of hydrogen-bond donors (Lipinski definition) is 0. The van der Waals surface area contributed by atoms with Gasteiger partial charge in [-0.2, -0.15) is 5.01 Å². The molecule has 0 unspecified atom stereocenters. The molecule has 1 fully saturated rings. The van der Waals surface area contributed by atoms with Crippen LogP contribution in [0.3, 0.4) is 0 Å². The molecule has 0 aromatic heterocycles. The van der Waals surface area contributed by atoms with Crippen LogP contribution in [-0.4, -0.2) is 27.7 Å². The van der Waals surface area contributed by atoms with Gasteiger partial charge >= 0.3 is 0 Å². The number of imide groups is 1. The normalized spacial score (nSPS) is 22.6. The number of rotatable bonds is 4. The molecule has 0 radical (unpaired) electrons. The lowest BCUT2D eigenvalue weighted by molar-refractivity contribution is -0.155. The number of halogens is 3. The van der Waals surface area contributed by atoms with E-state index in [4.69, 9.17) is 34.8 Å². The van der Waals surface area contributed by atoms with Crippen LogP contribution in [0.15, 0.2) is 54.6 Å². The Morgan fingerprint density at radius 1 is 1.03 bits per heavy atom. The first-order chi connectivity index (χ1) is 14.8. The zero-order valence-electron chi connectivity index (χ0n) is 16.6. The Bertz CT molecular complexity index is 1080. The molecule has 0 N–H and O–H groups in total. The number of carbonyl (C=O) groups excluding carboxylic acids is 3. The highest BCUT2D eigenvalue weighted by molar-refractivity contribution is 6.35. The molecule has 8 heteroatoms. The Hall–Kier alpha value is -2.34. The van der Waals surface area contributed by atoms with Crippen molar-refractivity contribution in [2.24, 2.45) is 17.8 Å². The Balaban J connectivity index is 1.74. The van der Waals surface area contributed by atoms with Crippen LogP contribution in [-0.2, 0) is 16.1 Å². The third-order valence-corrected chi connectivity index (χ3v) is 6.59. The highest BCUT2D eigenvalue weighted by Gasteiger charge is 2.53. The van der Waals surface area contributed by atoms with Gasteiger partial charge in [0.25, 0.3) is 17.7 Å². The minimum atomic E-state index is -0.497. The quantitative estimate of drug-likeness (QED) is 0.437. The van der Waals surface area contributed by atoms with Gasteiger partial charge in [0.15, 0.2) is 0 Å². The second kappa shape index (κ2) is 8.65. The average Bonchev–Trinajstić information content (AvgIpc) is 2.99. The molecule has 2 aromatic rings. The van der Waals surface area contributed by atoms with E-state index < -0.39 is 17.7 Å². The molecule has 160 valence electrons. The molecule has 3 amide bonds. The van der Waals surface area contributed by atoms with E-state index in [0.29, 0.717) is 32.6 Å². The molecule has 0 bridgehead atoms. The van der Waals surface area contributed by atoms with Crippen LogP contribution >= 0.6 is 34.8 Å². The van der Waals surface area contributed by atoms with Gasteiger partial charge in [0.1, 0.15) is 0 Å². The van der Waals surface area contributed by atoms with E-state index in [1.807, 2.05) is 19.1 Å². The van der Waals surface area contributed by atoms with Gasteiger partial charge in [-0.05, 0) is 54.3 Å². The lowest BCUT2D eigenvalue weighted by Gasteiger charge is -2.31. The number of fused-ring (bicyclic) bond motifs is 1. The maximum atomic E-state index is 13.5. The molecule has 1 aliphatic carbocycles. The third kappa shape index (κ3) is 4.10. The monoisotopic (exact) mass is 476 g/mol. The van der Waals surface area contributed by atoms with Crippen LogP contribution in [0.25, 0.3) is 0 Å². The number of allylic oxidation sites excluding steroid dienone is 2. The van der Waals surface area contributed by atoms with E-state index in [1.165, 1.54) is 5.01 Å². The van der Waals surface area contributed by atoms with E-state index in [0.717, 1.165) is 5.01 Å². The van der Waals surface area contributed by atoms with Gasteiger partial charge < -0.3 is 0 Å². The molecule has 0 saturated carbocycles. The second-order valence-corrected chi connectivity index (χ2v) is 9.03. The molecule has 4 rings (SSSR count). The highest BCUT2D eigenvalue weighted by Crippen LogP contribution is 2.40. The molecular formula is C23H19Cl3N2O3. The minimum absolute atomic E-state index is 0.0593. The molecule has 1 aliphatic heterocycles. The predicted octanol–water partition coefficient (Wildman–Crippen LogP) is 5.40. The Kier molecular flexibility index (Phi) is 6.11. The van der Waals surface area contributed by atoms with Crippen LogP contribution in [0.5, 0.6) is 0 Å². The Labute approximate surface area is 195 Å². The van der Waals surface area contributed by atoms with E-state index in [1.54, 1.807) is 42.5 Å². The van der Waals surface area contributed by atoms with Crippen LogP contribution in [0.1, 0.15) is 29.3 Å². The molecule has 3 atom stereocenters. The fraction of sp³-hybridized carbons (Fsp3) is 0.261. The van der Waals surface area contributed by atoms with Crippen molar-refractivity contribution < 1.29 is 14.4 Å². The standard InChI is InChI=1S/C23H19Cl3N2O3/c1-13-3-2-4-18-20(13)23(31)28(22(18)30)27(12-15-7-10-17(25)11-19(15)26)21(29)14-5-8-16(24)9-6-14/h2-3,5-11,13,18,20H,4,12H2,1H3/t13-,18+,20+/m1/s1. The topological polar surface area (TPSA) is 57.7 Å². The number of hydrogen-bond acceptors (Lipinski definition) is 3. The Morgan fingerprint density at radius 3 is 2.35 bits per heavy atom. The first kappa shape index (κ1) is 21.9. The van der Waals surface area contributed by atoms with E-state index in [-0.39, 0.29) is 24.3 Å². The highest BCUT2D eigenvalue weighted by atomic mass is 35.5. The zero-order valence-corrected chi connectivity index (χ0v) is 18.9. The molecule has 1 saturated heterocycles. The summed E-state index contributed by atoms with van der Waals surface area (Å²) < 4.78 is 0. The van der Waals surface area contributed by atoms with Crippen molar-refractivity contribution >= 4 is 52.5 Å². The van der Waals surface area contributed by atoms with Gasteiger partial charge in [0.2, 0.25) is 0 Å². The number of benzene rings is 2. The summed E-state index contributed by atoms with van der Waals surface area (Å²) in [5.41, 5.74) is 0.867. The number of amides is 3. The van der Waals surface area contributed by atoms with Gasteiger partial charge in [-0.1, -0.05) is 59.9 Å². The largest absolute Gasteiger partial charge is 0.273 e. The van der Waals surface area contributed by atoms with Crippen LogP contribution in [0.4, 0.5) is 0 Å². The van der Waals surface area contributed by atoms with Gasteiger partial charge in [-0.25, -0.2) is 5.01 Å². The summed E-state index contributed by atoms with van der Waals surface area (Å²) in [6.45, 7) is 1.85.